The van der Waals surface area contributed by atoms with Gasteiger partial charge in [0.15, 0.2) is 0 Å². The number of pyridine rings is 1. The van der Waals surface area contributed by atoms with E-state index >= 15 is 0 Å². The number of nitrogens with zero attached hydrogens (tertiary/aromatic N) is 3. The van der Waals surface area contributed by atoms with Gasteiger partial charge < -0.3 is 14.5 Å². The molecule has 118 valence electrons. The van der Waals surface area contributed by atoms with Crippen molar-refractivity contribution in [3.8, 4) is 5.75 Å². The highest BCUT2D eigenvalue weighted by Gasteiger charge is 2.25. The van der Waals surface area contributed by atoms with E-state index in [1.807, 2.05) is 18.2 Å². The molecule has 0 saturated carbocycles. The molecule has 0 atom stereocenters. The molecule has 0 N–H and O–H groups in total. The van der Waals surface area contributed by atoms with Crippen LogP contribution in [0.15, 0.2) is 54.9 Å². The Labute approximate surface area is 134 Å². The zero-order chi connectivity index (χ0) is 16.1. The zero-order valence-electron chi connectivity index (χ0n) is 12.6. The van der Waals surface area contributed by atoms with E-state index in [4.69, 9.17) is 4.74 Å². The average molecular weight is 311 g/mol. The Morgan fingerprint density at radius 3 is 2.13 bits per heavy atom. The van der Waals surface area contributed by atoms with Crippen molar-refractivity contribution in [2.24, 2.45) is 0 Å². The Morgan fingerprint density at radius 2 is 1.48 bits per heavy atom. The number of hydrogen-bond donors (Lipinski definition) is 0. The summed E-state index contributed by atoms with van der Waals surface area (Å²) in [4.78, 5) is 31.7. The van der Waals surface area contributed by atoms with Gasteiger partial charge in [-0.2, -0.15) is 0 Å². The summed E-state index contributed by atoms with van der Waals surface area (Å²) in [7, 11) is 0. The molecule has 1 aromatic carbocycles. The number of amides is 2. The lowest BCUT2D eigenvalue weighted by molar-refractivity contribution is 0.0633. The summed E-state index contributed by atoms with van der Waals surface area (Å²) < 4.78 is 5.31. The van der Waals surface area contributed by atoms with Gasteiger partial charge in [0.05, 0.1) is 0 Å². The Morgan fingerprint density at radius 1 is 0.870 bits per heavy atom. The summed E-state index contributed by atoms with van der Waals surface area (Å²) in [6, 6.07) is 12.3. The van der Waals surface area contributed by atoms with Crippen LogP contribution in [0.3, 0.4) is 0 Å². The molecular weight excluding hydrogens is 294 g/mol. The van der Waals surface area contributed by atoms with E-state index in [1.165, 1.54) is 0 Å². The van der Waals surface area contributed by atoms with Gasteiger partial charge in [0, 0.05) is 44.1 Å². The van der Waals surface area contributed by atoms with Crippen molar-refractivity contribution in [3.05, 3.63) is 60.4 Å². The summed E-state index contributed by atoms with van der Waals surface area (Å²) in [5.41, 5.74) is 0.611. The molecule has 0 radical (unpaired) electrons. The highest BCUT2D eigenvalue weighted by atomic mass is 16.6. The van der Waals surface area contributed by atoms with Crippen LogP contribution < -0.4 is 4.74 Å². The lowest BCUT2D eigenvalue weighted by Crippen LogP contribution is -2.51. The quantitative estimate of drug-likeness (QED) is 0.851. The lowest BCUT2D eigenvalue weighted by atomic mass is 10.2. The molecule has 2 heterocycles. The van der Waals surface area contributed by atoms with Crippen LogP contribution in [-0.4, -0.2) is 53.0 Å². The van der Waals surface area contributed by atoms with Gasteiger partial charge in [0.1, 0.15) is 5.75 Å². The van der Waals surface area contributed by atoms with E-state index in [0.717, 1.165) is 0 Å². The third-order valence-corrected chi connectivity index (χ3v) is 3.70. The molecule has 0 spiro atoms. The summed E-state index contributed by atoms with van der Waals surface area (Å²) in [6.07, 6.45) is 2.81. The Bertz CT molecular complexity index is 668. The number of piperazine rings is 1. The van der Waals surface area contributed by atoms with Crippen LogP contribution in [0.5, 0.6) is 5.75 Å². The minimum atomic E-state index is -0.382. The molecule has 23 heavy (non-hydrogen) atoms. The fraction of sp³-hybridized carbons (Fsp3) is 0.235. The number of carbonyl (C=O) groups excluding carboxylic acids is 2. The molecule has 1 aliphatic rings. The number of ether oxygens (including phenoxy) is 1. The number of para-hydroxylation sites is 1. The maximum Gasteiger partial charge on any atom is 0.415 e. The first-order valence-electron chi connectivity index (χ1n) is 7.45. The van der Waals surface area contributed by atoms with Gasteiger partial charge in [-0.05, 0) is 24.3 Å². The van der Waals surface area contributed by atoms with E-state index in [-0.39, 0.29) is 12.0 Å². The highest BCUT2D eigenvalue weighted by molar-refractivity contribution is 5.94. The second-order valence-corrected chi connectivity index (χ2v) is 5.20. The maximum absolute atomic E-state index is 12.3. The lowest BCUT2D eigenvalue weighted by Gasteiger charge is -2.34. The SMILES string of the molecule is O=C(Oc1ccccc1)N1CCN(C(=O)c2ccncc2)CC1. The Hall–Kier alpha value is -2.89. The highest BCUT2D eigenvalue weighted by Crippen LogP contribution is 2.13. The number of hydrogen-bond acceptors (Lipinski definition) is 4. The summed E-state index contributed by atoms with van der Waals surface area (Å²) in [5.74, 6) is 0.483. The van der Waals surface area contributed by atoms with Gasteiger partial charge in [-0.15, -0.1) is 0 Å². The van der Waals surface area contributed by atoms with Crippen LogP contribution in [0, 0.1) is 0 Å². The van der Waals surface area contributed by atoms with E-state index in [2.05, 4.69) is 4.98 Å². The molecule has 1 fully saturated rings. The van der Waals surface area contributed by atoms with Crippen molar-refractivity contribution in [2.75, 3.05) is 26.2 Å². The third kappa shape index (κ3) is 3.66. The molecule has 3 rings (SSSR count). The van der Waals surface area contributed by atoms with Gasteiger partial charge in [-0.25, -0.2) is 4.79 Å². The van der Waals surface area contributed by atoms with Crippen LogP contribution in [0.4, 0.5) is 4.79 Å². The molecule has 0 aliphatic carbocycles. The molecule has 1 aromatic heterocycles. The maximum atomic E-state index is 12.3. The summed E-state index contributed by atoms with van der Waals surface area (Å²) in [6.45, 7) is 1.90. The van der Waals surface area contributed by atoms with Crippen LogP contribution in [0.1, 0.15) is 10.4 Å². The molecule has 2 amide bonds. The predicted octanol–water partition coefficient (Wildman–Crippen LogP) is 2.04. The van der Waals surface area contributed by atoms with Crippen molar-refractivity contribution in [3.63, 3.8) is 0 Å². The smallest absolute Gasteiger partial charge is 0.410 e. The van der Waals surface area contributed by atoms with Gasteiger partial charge in [0.2, 0.25) is 0 Å². The minimum Gasteiger partial charge on any atom is -0.410 e. The molecule has 1 saturated heterocycles. The first-order valence-corrected chi connectivity index (χ1v) is 7.45. The van der Waals surface area contributed by atoms with Gasteiger partial charge in [0.25, 0.3) is 5.91 Å². The first-order chi connectivity index (χ1) is 11.2. The first kappa shape index (κ1) is 15.0. The average Bonchev–Trinajstić information content (AvgIpc) is 2.63. The fourth-order valence-corrected chi connectivity index (χ4v) is 2.42. The van der Waals surface area contributed by atoms with Crippen LogP contribution >= 0.6 is 0 Å². The molecule has 6 heteroatoms. The third-order valence-electron chi connectivity index (χ3n) is 3.70. The molecular formula is C17H17N3O3. The Kier molecular flexibility index (Phi) is 4.52. The van der Waals surface area contributed by atoms with E-state index in [9.17, 15) is 9.59 Å². The van der Waals surface area contributed by atoms with Gasteiger partial charge in [-0.3, -0.25) is 9.78 Å². The van der Waals surface area contributed by atoms with Gasteiger partial charge >= 0.3 is 6.09 Å². The number of carbonyl (C=O) groups is 2. The summed E-state index contributed by atoms with van der Waals surface area (Å²) >= 11 is 0. The molecule has 0 bridgehead atoms. The van der Waals surface area contributed by atoms with Crippen molar-refractivity contribution < 1.29 is 14.3 Å². The monoisotopic (exact) mass is 311 g/mol. The minimum absolute atomic E-state index is 0.0384. The normalized spacial score (nSPS) is 14.4. The molecule has 2 aromatic rings. The standard InChI is InChI=1S/C17H17N3O3/c21-16(14-6-8-18-9-7-14)19-10-12-20(13-11-19)17(22)23-15-4-2-1-3-5-15/h1-9H,10-13H2. The summed E-state index contributed by atoms with van der Waals surface area (Å²) in [5, 5.41) is 0. The van der Waals surface area contributed by atoms with Crippen LogP contribution in [-0.2, 0) is 0 Å². The van der Waals surface area contributed by atoms with Crippen molar-refractivity contribution in [2.45, 2.75) is 0 Å². The van der Waals surface area contributed by atoms with E-state index in [0.29, 0.717) is 37.5 Å². The predicted molar refractivity (Wildman–Crippen MR) is 84.2 cm³/mol. The van der Waals surface area contributed by atoms with Crippen molar-refractivity contribution >= 4 is 12.0 Å². The topological polar surface area (TPSA) is 62.7 Å². The van der Waals surface area contributed by atoms with Gasteiger partial charge in [-0.1, -0.05) is 18.2 Å². The van der Waals surface area contributed by atoms with Crippen molar-refractivity contribution in [1.82, 2.24) is 14.8 Å². The number of rotatable bonds is 2. The fourth-order valence-electron chi connectivity index (χ4n) is 2.42. The van der Waals surface area contributed by atoms with Crippen LogP contribution in [0.25, 0.3) is 0 Å². The number of aromatic nitrogens is 1. The van der Waals surface area contributed by atoms with Crippen molar-refractivity contribution in [1.29, 1.82) is 0 Å². The molecule has 0 unspecified atom stereocenters. The zero-order valence-corrected chi connectivity index (χ0v) is 12.6. The Balaban J connectivity index is 1.54. The molecule has 1 aliphatic heterocycles. The second-order valence-electron chi connectivity index (χ2n) is 5.20. The number of benzene rings is 1. The largest absolute Gasteiger partial charge is 0.415 e. The molecule has 6 nitrogen and oxygen atoms in total. The van der Waals surface area contributed by atoms with Crippen LogP contribution in [0.2, 0.25) is 0 Å². The second kappa shape index (κ2) is 6.91. The van der Waals surface area contributed by atoms with E-state index < -0.39 is 0 Å². The van der Waals surface area contributed by atoms with E-state index in [1.54, 1.807) is 46.5 Å².